The zero-order valence-electron chi connectivity index (χ0n) is 25.2. The summed E-state index contributed by atoms with van der Waals surface area (Å²) in [5.41, 5.74) is 2.08. The Bertz CT molecular complexity index is 1480. The number of carbonyl (C=O) groups is 1. The van der Waals surface area contributed by atoms with Crippen LogP contribution in [-0.2, 0) is 14.9 Å². The van der Waals surface area contributed by atoms with E-state index in [1.165, 1.54) is 50.4 Å². The van der Waals surface area contributed by atoms with Crippen LogP contribution in [0.2, 0.25) is 0 Å². The molecule has 0 N–H and O–H groups in total. The van der Waals surface area contributed by atoms with Gasteiger partial charge in [-0.2, -0.15) is 0 Å². The Morgan fingerprint density at radius 2 is 1.53 bits per heavy atom. The number of aryl methyl sites for hydroxylation is 1. The molecule has 0 saturated heterocycles. The predicted octanol–water partition coefficient (Wildman–Crippen LogP) is 6.37. The van der Waals surface area contributed by atoms with Gasteiger partial charge < -0.3 is 14.2 Å². The van der Waals surface area contributed by atoms with Crippen LogP contribution in [0.5, 0.6) is 17.2 Å². The fourth-order valence-electron chi connectivity index (χ4n) is 7.39. The van der Waals surface area contributed by atoms with E-state index in [-0.39, 0.29) is 44.8 Å². The molecular weight excluding hydrogens is 877 g/mol. The first-order chi connectivity index (χ1) is 20.4. The molecular formula is C36H39I3O4+2. The molecule has 4 aliphatic rings. The average molecular weight is 916 g/mol. The number of rotatable bonds is 9. The highest BCUT2D eigenvalue weighted by atomic mass is 127. The first-order valence-electron chi connectivity index (χ1n) is 15.1. The van der Waals surface area contributed by atoms with Crippen molar-refractivity contribution in [1.82, 2.24) is 0 Å². The molecule has 226 valence electrons. The number of halogens is 3. The minimum absolute atomic E-state index is 0.0757. The Labute approximate surface area is 294 Å². The fourth-order valence-corrected chi connectivity index (χ4v) is 10.9. The lowest BCUT2D eigenvalue weighted by Gasteiger charge is -2.59. The second kappa shape index (κ2) is 12.5. The van der Waals surface area contributed by atoms with Gasteiger partial charge in [0.15, 0.2) is 13.7 Å². The Balaban J connectivity index is 1.06. The van der Waals surface area contributed by atoms with E-state index in [1.807, 2.05) is 12.1 Å². The highest BCUT2D eigenvalue weighted by Gasteiger charge is 2.57. The molecule has 3 aromatic rings. The lowest BCUT2D eigenvalue weighted by atomic mass is 9.50. The van der Waals surface area contributed by atoms with Crippen LogP contribution in [0.1, 0.15) is 64.0 Å². The summed E-state index contributed by atoms with van der Waals surface area (Å²) < 4.78 is 23.1. The number of hydrogen-bond donors (Lipinski definition) is 0. The minimum Gasteiger partial charge on any atom is -0.481 e. The van der Waals surface area contributed by atoms with Crippen LogP contribution in [0.25, 0.3) is 0 Å². The summed E-state index contributed by atoms with van der Waals surface area (Å²) in [6.07, 6.45) is 6.23. The highest BCUT2D eigenvalue weighted by Crippen LogP contribution is 2.59. The number of ether oxygens (including phenoxy) is 3. The van der Waals surface area contributed by atoms with E-state index in [0.29, 0.717) is 17.6 Å². The van der Waals surface area contributed by atoms with Crippen molar-refractivity contribution < 1.29 is 40.2 Å². The molecule has 0 amide bonds. The molecule has 0 radical (unpaired) electrons. The smallest absolute Gasteiger partial charge is 0.358 e. The van der Waals surface area contributed by atoms with E-state index in [1.54, 1.807) is 0 Å². The molecule has 4 bridgehead atoms. The predicted molar refractivity (Wildman–Crippen MR) is 182 cm³/mol. The maximum absolute atomic E-state index is 13.0. The van der Waals surface area contributed by atoms with E-state index < -0.39 is 0 Å². The van der Waals surface area contributed by atoms with Gasteiger partial charge in [0.1, 0.15) is 28.3 Å². The topological polar surface area (TPSA) is 44.8 Å². The maximum Gasteiger partial charge on any atom is 0.358 e. The molecule has 4 fully saturated rings. The van der Waals surface area contributed by atoms with Gasteiger partial charge in [-0.1, -0.05) is 0 Å². The summed E-state index contributed by atoms with van der Waals surface area (Å²) in [6.45, 7) is 12.8. The number of carbonyl (C=O) groups excluding carboxylic acids is 1. The fraction of sp³-hybridized carbons (Fsp3) is 0.444. The van der Waals surface area contributed by atoms with E-state index >= 15 is 0 Å². The molecule has 7 rings (SSSR count). The van der Waals surface area contributed by atoms with Crippen molar-refractivity contribution in [3.05, 3.63) is 86.9 Å². The van der Waals surface area contributed by atoms with E-state index in [0.717, 1.165) is 30.5 Å². The van der Waals surface area contributed by atoms with Crippen LogP contribution in [0.4, 0.5) is 0 Å². The summed E-state index contributed by atoms with van der Waals surface area (Å²) in [6, 6.07) is 19.2. The summed E-state index contributed by atoms with van der Waals surface area (Å²) in [5.74, 6) is 4.69. The van der Waals surface area contributed by atoms with Gasteiger partial charge in [-0.15, -0.1) is 0 Å². The Morgan fingerprint density at radius 3 is 2.14 bits per heavy atom. The van der Waals surface area contributed by atoms with Crippen molar-refractivity contribution in [3.8, 4) is 17.2 Å². The average Bonchev–Trinajstić information content (AvgIpc) is 2.94. The van der Waals surface area contributed by atoms with Crippen molar-refractivity contribution in [1.29, 1.82) is 0 Å². The van der Waals surface area contributed by atoms with Crippen molar-refractivity contribution in [3.63, 3.8) is 0 Å². The van der Waals surface area contributed by atoms with Gasteiger partial charge in [0.05, 0.1) is 14.1 Å². The monoisotopic (exact) mass is 916 g/mol. The van der Waals surface area contributed by atoms with Gasteiger partial charge in [-0.25, -0.2) is 4.79 Å². The molecule has 0 aromatic heterocycles. The van der Waals surface area contributed by atoms with Gasteiger partial charge in [0.2, 0.25) is 0 Å². The Morgan fingerprint density at radius 1 is 0.930 bits per heavy atom. The molecule has 43 heavy (non-hydrogen) atoms. The third-order valence-corrected chi connectivity index (χ3v) is 14.4. The van der Waals surface area contributed by atoms with Crippen LogP contribution < -0.4 is 30.7 Å². The summed E-state index contributed by atoms with van der Waals surface area (Å²) in [4.78, 5) is 13.0. The zero-order chi connectivity index (χ0) is 30.5. The molecule has 7 heteroatoms. The minimum atomic E-state index is -0.336. The zero-order valence-corrected chi connectivity index (χ0v) is 31.7. The van der Waals surface area contributed by atoms with Gasteiger partial charge in [-0.3, -0.25) is 0 Å². The SMILES string of the molecule is [CH2+]C(C)(C)c1ccc([I+]c2ccc(Oc3cc(I)c(OCC(=O)OC4(C)C5CC6CC(C5)CC4C6)cc3I)cc2C)cc1. The third kappa shape index (κ3) is 6.98. The molecule has 0 unspecified atom stereocenters. The first kappa shape index (κ1) is 31.8. The van der Waals surface area contributed by atoms with Gasteiger partial charge >= 0.3 is 27.2 Å². The van der Waals surface area contributed by atoms with Crippen LogP contribution in [-0.4, -0.2) is 18.2 Å². The second-order valence-corrected chi connectivity index (χ2v) is 18.7. The van der Waals surface area contributed by atoms with Crippen LogP contribution in [0, 0.1) is 51.8 Å². The van der Waals surface area contributed by atoms with Crippen molar-refractivity contribution in [2.24, 2.45) is 23.7 Å². The summed E-state index contributed by atoms with van der Waals surface area (Å²) >= 11 is 4.23. The number of hydrogen-bond acceptors (Lipinski definition) is 4. The summed E-state index contributed by atoms with van der Waals surface area (Å²) in [5, 5.41) is 0. The molecule has 0 atom stereocenters. The Kier molecular flexibility index (Phi) is 9.26. The molecule has 0 aliphatic heterocycles. The van der Waals surface area contributed by atoms with Gasteiger partial charge in [0.25, 0.3) is 0 Å². The van der Waals surface area contributed by atoms with Crippen LogP contribution >= 0.6 is 45.2 Å². The van der Waals surface area contributed by atoms with Crippen molar-refractivity contribution in [2.45, 2.75) is 70.8 Å². The Hall–Kier alpha value is -1.21. The van der Waals surface area contributed by atoms with Crippen molar-refractivity contribution >= 4 is 51.2 Å². The number of esters is 1. The lowest BCUT2D eigenvalue weighted by Crippen LogP contribution is -3.61. The summed E-state index contributed by atoms with van der Waals surface area (Å²) in [7, 11) is 0. The maximum atomic E-state index is 13.0. The molecule has 4 saturated carbocycles. The first-order valence-corrected chi connectivity index (χ1v) is 19.4. The molecule has 4 nitrogen and oxygen atoms in total. The van der Waals surface area contributed by atoms with E-state index in [4.69, 9.17) is 14.2 Å². The van der Waals surface area contributed by atoms with Crippen LogP contribution in [0.3, 0.4) is 0 Å². The lowest BCUT2D eigenvalue weighted by molar-refractivity contribution is -0.598. The van der Waals surface area contributed by atoms with E-state index in [9.17, 15) is 4.79 Å². The molecule has 4 aliphatic carbocycles. The largest absolute Gasteiger partial charge is 0.481 e. The van der Waals surface area contributed by atoms with E-state index in [2.05, 4.69) is 122 Å². The molecule has 0 spiro atoms. The highest BCUT2D eigenvalue weighted by molar-refractivity contribution is 14.1. The molecule has 3 aromatic carbocycles. The molecule has 0 heterocycles. The van der Waals surface area contributed by atoms with Crippen molar-refractivity contribution in [2.75, 3.05) is 6.61 Å². The standard InChI is InChI=1S/C36H39I3O4/c1-21-12-28(10-11-31(21)39-27-8-6-24(7-9-27)35(2,3)4)42-33-19-29(37)32(18-30(33)38)41-20-34(40)43-36(5)25-14-22-13-23(16-25)17-26(36)15-22/h6-12,18-19,22-23,25-26H,2,13-17,20H2,1,3-5H3/q+2. The third-order valence-electron chi connectivity index (χ3n) is 9.62. The quantitative estimate of drug-likeness (QED) is 0.142. The normalized spacial score (nSPS) is 25.9. The number of benzene rings is 3. The van der Waals surface area contributed by atoms with Crippen LogP contribution in [0.15, 0.2) is 54.6 Å². The van der Waals surface area contributed by atoms with Gasteiger partial charge in [-0.05, 0) is 183 Å². The second-order valence-electron chi connectivity index (χ2n) is 13.5. The van der Waals surface area contributed by atoms with Gasteiger partial charge in [0, 0.05) is 11.1 Å².